The summed E-state index contributed by atoms with van der Waals surface area (Å²) in [5.41, 5.74) is 1.45. The molecule has 0 saturated heterocycles. The smallest absolute Gasteiger partial charge is 0.212 e. The van der Waals surface area contributed by atoms with Crippen molar-refractivity contribution in [1.29, 1.82) is 0 Å². The number of aromatic nitrogens is 4. The van der Waals surface area contributed by atoms with Gasteiger partial charge in [0.2, 0.25) is 5.95 Å². The first kappa shape index (κ1) is 11.5. The average Bonchev–Trinajstić information content (AvgIpc) is 2.77. The Labute approximate surface area is 97.1 Å². The minimum atomic E-state index is -0.510. The highest BCUT2D eigenvalue weighted by Gasteiger charge is 2.00. The molecule has 0 aromatic carbocycles. The topological polar surface area (TPSA) is 75.9 Å². The normalized spacial score (nSPS) is 10.5. The van der Waals surface area contributed by atoms with E-state index in [1.165, 1.54) is 12.3 Å². The number of pyridine rings is 1. The van der Waals surface area contributed by atoms with Crippen molar-refractivity contribution < 1.29 is 9.50 Å². The molecule has 6 nitrogen and oxygen atoms in total. The van der Waals surface area contributed by atoms with Gasteiger partial charge in [-0.15, -0.1) is 5.10 Å². The second kappa shape index (κ2) is 5.35. The van der Waals surface area contributed by atoms with E-state index >= 15 is 0 Å². The van der Waals surface area contributed by atoms with Crippen LogP contribution in [-0.2, 0) is 13.1 Å². The van der Waals surface area contributed by atoms with Gasteiger partial charge in [-0.3, -0.25) is 0 Å². The van der Waals surface area contributed by atoms with E-state index in [0.717, 1.165) is 5.69 Å². The first-order chi connectivity index (χ1) is 8.28. The van der Waals surface area contributed by atoms with Crippen LogP contribution >= 0.6 is 0 Å². The number of rotatable bonds is 5. The van der Waals surface area contributed by atoms with Crippen molar-refractivity contribution in [3.05, 3.63) is 36.2 Å². The van der Waals surface area contributed by atoms with Gasteiger partial charge in [-0.1, -0.05) is 5.21 Å². The minimum absolute atomic E-state index is 0.0259. The summed E-state index contributed by atoms with van der Waals surface area (Å²) < 4.78 is 14.1. The molecule has 0 unspecified atom stereocenters. The molecule has 2 aromatic heterocycles. The van der Waals surface area contributed by atoms with Crippen LogP contribution in [0.2, 0.25) is 0 Å². The molecule has 0 spiro atoms. The van der Waals surface area contributed by atoms with E-state index in [1.807, 2.05) is 0 Å². The Morgan fingerprint density at radius 2 is 2.29 bits per heavy atom. The quantitative estimate of drug-likeness (QED) is 0.737. The summed E-state index contributed by atoms with van der Waals surface area (Å²) in [6, 6.07) is 2.88. The third kappa shape index (κ3) is 3.22. The highest BCUT2D eigenvalue weighted by atomic mass is 19.1. The van der Waals surface area contributed by atoms with Crippen molar-refractivity contribution in [2.75, 3.05) is 11.9 Å². The Morgan fingerprint density at radius 3 is 3.00 bits per heavy atom. The van der Waals surface area contributed by atoms with E-state index in [0.29, 0.717) is 18.8 Å². The number of anilines is 1. The molecule has 2 aromatic rings. The van der Waals surface area contributed by atoms with Crippen molar-refractivity contribution in [1.82, 2.24) is 20.0 Å². The largest absolute Gasteiger partial charge is 0.394 e. The molecular weight excluding hydrogens is 225 g/mol. The molecule has 0 aliphatic carbocycles. The van der Waals surface area contributed by atoms with E-state index in [9.17, 15) is 4.39 Å². The lowest BCUT2D eigenvalue weighted by molar-refractivity contribution is 0.268. The van der Waals surface area contributed by atoms with Gasteiger partial charge in [0.05, 0.1) is 37.8 Å². The monoisotopic (exact) mass is 237 g/mol. The maximum absolute atomic E-state index is 12.5. The molecule has 0 atom stereocenters. The molecule has 0 aliphatic rings. The number of aliphatic hydroxyl groups is 1. The molecule has 7 heteroatoms. The van der Waals surface area contributed by atoms with Gasteiger partial charge in [0.1, 0.15) is 5.69 Å². The molecule has 2 rings (SSSR count). The lowest BCUT2D eigenvalue weighted by atomic mass is 10.4. The third-order valence-electron chi connectivity index (χ3n) is 2.12. The summed E-state index contributed by atoms with van der Waals surface area (Å²) in [4.78, 5) is 3.52. The Hall–Kier alpha value is -2.02. The Balaban J connectivity index is 1.90. The first-order valence-corrected chi connectivity index (χ1v) is 5.13. The molecule has 2 heterocycles. The maximum Gasteiger partial charge on any atom is 0.212 e. The minimum Gasteiger partial charge on any atom is -0.394 e. The van der Waals surface area contributed by atoms with Crippen LogP contribution in [0.5, 0.6) is 0 Å². The average molecular weight is 237 g/mol. The Bertz CT molecular complexity index is 470. The van der Waals surface area contributed by atoms with Gasteiger partial charge in [0, 0.05) is 0 Å². The van der Waals surface area contributed by atoms with Gasteiger partial charge >= 0.3 is 0 Å². The molecule has 17 heavy (non-hydrogen) atoms. The highest BCUT2D eigenvalue weighted by molar-refractivity contribution is 5.39. The van der Waals surface area contributed by atoms with Crippen LogP contribution in [0.4, 0.5) is 10.1 Å². The lowest BCUT2D eigenvalue weighted by Crippen LogP contribution is -2.02. The zero-order valence-electron chi connectivity index (χ0n) is 9.04. The standard InChI is InChI=1S/C10H12FN5O/c11-10-2-1-8(5-13-10)12-6-9-7-16(3-4-17)15-14-9/h1-2,5,7,12,17H,3-4,6H2. The van der Waals surface area contributed by atoms with Gasteiger partial charge in [-0.2, -0.15) is 4.39 Å². The Kier molecular flexibility index (Phi) is 3.61. The zero-order chi connectivity index (χ0) is 12.1. The van der Waals surface area contributed by atoms with Gasteiger partial charge in [0.15, 0.2) is 0 Å². The second-order valence-corrected chi connectivity index (χ2v) is 3.42. The summed E-state index contributed by atoms with van der Waals surface area (Å²) in [6.45, 7) is 0.919. The molecule has 0 bridgehead atoms. The van der Waals surface area contributed by atoms with Gasteiger partial charge in [-0.25, -0.2) is 9.67 Å². The van der Waals surface area contributed by atoms with Crippen LogP contribution < -0.4 is 5.32 Å². The van der Waals surface area contributed by atoms with Crippen molar-refractivity contribution >= 4 is 5.69 Å². The number of nitrogens with zero attached hydrogens (tertiary/aromatic N) is 4. The van der Waals surface area contributed by atoms with Crippen LogP contribution in [-0.4, -0.2) is 31.7 Å². The lowest BCUT2D eigenvalue weighted by Gasteiger charge is -2.02. The van der Waals surface area contributed by atoms with Crippen LogP contribution in [0, 0.1) is 5.95 Å². The van der Waals surface area contributed by atoms with E-state index in [-0.39, 0.29) is 6.61 Å². The summed E-state index contributed by atoms with van der Waals surface area (Å²) >= 11 is 0. The van der Waals surface area contributed by atoms with E-state index < -0.39 is 5.95 Å². The summed E-state index contributed by atoms with van der Waals surface area (Å²) in [5, 5.41) is 19.5. The number of hydrogen-bond donors (Lipinski definition) is 2. The molecular formula is C10H12FN5O. The fourth-order valence-corrected chi connectivity index (χ4v) is 1.30. The zero-order valence-corrected chi connectivity index (χ0v) is 9.04. The van der Waals surface area contributed by atoms with Crippen molar-refractivity contribution in [2.24, 2.45) is 0 Å². The fourth-order valence-electron chi connectivity index (χ4n) is 1.30. The Morgan fingerprint density at radius 1 is 1.41 bits per heavy atom. The predicted molar refractivity (Wildman–Crippen MR) is 58.6 cm³/mol. The van der Waals surface area contributed by atoms with Gasteiger partial charge in [0.25, 0.3) is 0 Å². The summed E-state index contributed by atoms with van der Waals surface area (Å²) in [5.74, 6) is -0.510. The highest BCUT2D eigenvalue weighted by Crippen LogP contribution is 2.06. The van der Waals surface area contributed by atoms with Crippen molar-refractivity contribution in [2.45, 2.75) is 13.1 Å². The summed E-state index contributed by atoms with van der Waals surface area (Å²) in [7, 11) is 0. The molecule has 0 radical (unpaired) electrons. The fraction of sp³-hybridized carbons (Fsp3) is 0.300. The predicted octanol–water partition coefficient (Wildman–Crippen LogP) is 0.417. The van der Waals surface area contributed by atoms with Crippen LogP contribution in [0.25, 0.3) is 0 Å². The van der Waals surface area contributed by atoms with E-state index in [1.54, 1.807) is 16.9 Å². The maximum atomic E-state index is 12.5. The molecule has 2 N–H and O–H groups in total. The molecule has 0 aliphatic heterocycles. The number of nitrogens with one attached hydrogen (secondary N) is 1. The van der Waals surface area contributed by atoms with Crippen LogP contribution in [0.3, 0.4) is 0 Å². The first-order valence-electron chi connectivity index (χ1n) is 5.13. The van der Waals surface area contributed by atoms with Gasteiger partial charge < -0.3 is 10.4 Å². The molecule has 90 valence electrons. The van der Waals surface area contributed by atoms with E-state index in [2.05, 4.69) is 20.6 Å². The number of aliphatic hydroxyl groups excluding tert-OH is 1. The summed E-state index contributed by atoms with van der Waals surface area (Å²) in [6.07, 6.45) is 3.15. The third-order valence-corrected chi connectivity index (χ3v) is 2.12. The SMILES string of the molecule is OCCn1cc(CNc2ccc(F)nc2)nn1. The number of hydrogen-bond acceptors (Lipinski definition) is 5. The van der Waals surface area contributed by atoms with Crippen LogP contribution in [0.1, 0.15) is 5.69 Å². The van der Waals surface area contributed by atoms with Crippen molar-refractivity contribution in [3.8, 4) is 0 Å². The molecule has 0 amide bonds. The van der Waals surface area contributed by atoms with Crippen LogP contribution in [0.15, 0.2) is 24.5 Å². The second-order valence-electron chi connectivity index (χ2n) is 3.42. The molecule has 0 saturated carbocycles. The van der Waals surface area contributed by atoms with Gasteiger partial charge in [-0.05, 0) is 12.1 Å². The number of halogens is 1. The van der Waals surface area contributed by atoms with Crippen molar-refractivity contribution in [3.63, 3.8) is 0 Å². The molecule has 0 fully saturated rings. The van der Waals surface area contributed by atoms with E-state index in [4.69, 9.17) is 5.11 Å².